The number of halogens is 1. The maximum absolute atomic E-state index is 14.7. The first-order valence-corrected chi connectivity index (χ1v) is 13.7. The van der Waals surface area contributed by atoms with Crippen LogP contribution in [0.3, 0.4) is 0 Å². The number of imidazole rings is 1. The maximum atomic E-state index is 14.7. The van der Waals surface area contributed by atoms with Crippen LogP contribution in [0.5, 0.6) is 0 Å². The van der Waals surface area contributed by atoms with Crippen molar-refractivity contribution >= 4 is 18.7 Å². The molecule has 2 aliphatic rings. The molecular formula is C32H33FN6O3. The van der Waals surface area contributed by atoms with Gasteiger partial charge in [0.2, 0.25) is 0 Å². The highest BCUT2D eigenvalue weighted by atomic mass is 19.1. The number of likely N-dealkylation sites (tertiary alicyclic amines) is 1. The molecule has 1 aliphatic heterocycles. The highest BCUT2D eigenvalue weighted by Gasteiger charge is 2.37. The van der Waals surface area contributed by atoms with Crippen LogP contribution in [0.25, 0.3) is 11.3 Å². The van der Waals surface area contributed by atoms with Gasteiger partial charge < -0.3 is 25.7 Å². The first-order valence-electron chi connectivity index (χ1n) is 13.7. The number of allylic oxidation sites excluding steroid dienone is 3. The van der Waals surface area contributed by atoms with Crippen LogP contribution in [-0.2, 0) is 9.53 Å². The lowest BCUT2D eigenvalue weighted by Crippen LogP contribution is -2.42. The molecule has 0 spiro atoms. The summed E-state index contributed by atoms with van der Waals surface area (Å²) in [4.78, 5) is 39.2. The Morgan fingerprint density at radius 1 is 1.24 bits per heavy atom. The zero-order valence-electron chi connectivity index (χ0n) is 23.3. The number of hydrogen-bond donors (Lipinski definition) is 3. The number of aliphatic imine (C=N–C) groups is 1. The molecule has 0 bridgehead atoms. The minimum absolute atomic E-state index is 0.112. The Kier molecular flexibility index (Phi) is 8.61. The number of rotatable bonds is 8. The summed E-state index contributed by atoms with van der Waals surface area (Å²) in [5.41, 5.74) is 9.86. The molecule has 1 fully saturated rings. The molecule has 5 rings (SSSR count). The number of amides is 2. The van der Waals surface area contributed by atoms with Crippen LogP contribution in [0.1, 0.15) is 54.2 Å². The van der Waals surface area contributed by atoms with Crippen LogP contribution < -0.4 is 11.1 Å². The highest BCUT2D eigenvalue weighted by Crippen LogP contribution is 2.36. The first-order chi connectivity index (χ1) is 20.4. The monoisotopic (exact) mass is 568 g/mol. The predicted molar refractivity (Wildman–Crippen MR) is 159 cm³/mol. The summed E-state index contributed by atoms with van der Waals surface area (Å²) in [7, 11) is 1.27. The van der Waals surface area contributed by atoms with Gasteiger partial charge in [-0.3, -0.25) is 9.79 Å². The molecule has 3 atom stereocenters. The van der Waals surface area contributed by atoms with E-state index in [0.717, 1.165) is 29.7 Å². The molecule has 1 aliphatic carbocycles. The molecule has 2 amide bonds. The van der Waals surface area contributed by atoms with Crippen LogP contribution in [0.15, 0.2) is 101 Å². The van der Waals surface area contributed by atoms with Crippen LogP contribution in [0.4, 0.5) is 9.18 Å². The van der Waals surface area contributed by atoms with Crippen molar-refractivity contribution in [1.82, 2.24) is 20.2 Å². The molecular weight excluding hydrogens is 535 g/mol. The number of nitrogens with one attached hydrogen (secondary N) is 2. The lowest BCUT2D eigenvalue weighted by molar-refractivity contribution is -0.134. The second kappa shape index (κ2) is 12.7. The van der Waals surface area contributed by atoms with Gasteiger partial charge in [0.1, 0.15) is 17.7 Å². The van der Waals surface area contributed by atoms with Crippen LogP contribution in [-0.4, -0.2) is 47.2 Å². The van der Waals surface area contributed by atoms with Crippen LogP contribution >= 0.6 is 0 Å². The van der Waals surface area contributed by atoms with E-state index in [1.165, 1.54) is 13.3 Å². The molecule has 216 valence electrons. The Morgan fingerprint density at radius 3 is 2.69 bits per heavy atom. The fraction of sp³-hybridized carbons (Fsp3) is 0.250. The average Bonchev–Trinajstić information content (AvgIpc) is 3.70. The third kappa shape index (κ3) is 6.02. The van der Waals surface area contributed by atoms with E-state index in [-0.39, 0.29) is 29.4 Å². The van der Waals surface area contributed by atoms with Gasteiger partial charge in [0.25, 0.3) is 5.91 Å². The van der Waals surface area contributed by atoms with E-state index < -0.39 is 12.1 Å². The van der Waals surface area contributed by atoms with Gasteiger partial charge in [0, 0.05) is 24.2 Å². The number of carbonyl (C=O) groups is 2. The quantitative estimate of drug-likeness (QED) is 0.305. The molecule has 4 N–H and O–H groups in total. The Bertz CT molecular complexity index is 1540. The van der Waals surface area contributed by atoms with Gasteiger partial charge in [-0.15, -0.1) is 0 Å². The number of H-pyrrole nitrogens is 1. The second-order valence-electron chi connectivity index (χ2n) is 10.2. The fourth-order valence-corrected chi connectivity index (χ4v) is 5.49. The maximum Gasteiger partial charge on any atom is 0.407 e. The minimum atomic E-state index is -0.878. The summed E-state index contributed by atoms with van der Waals surface area (Å²) in [5, 5.41) is 2.68. The number of methoxy groups -OCH3 is 1. The van der Waals surface area contributed by atoms with Crippen molar-refractivity contribution in [3.63, 3.8) is 0 Å². The summed E-state index contributed by atoms with van der Waals surface area (Å²) in [6, 6.07) is 15.9. The Balaban J connectivity index is 1.31. The number of ether oxygens (including phenoxy) is 1. The topological polar surface area (TPSA) is 126 Å². The first kappa shape index (κ1) is 28.5. The van der Waals surface area contributed by atoms with Gasteiger partial charge in [0.05, 0.1) is 30.7 Å². The third-order valence-electron chi connectivity index (χ3n) is 7.65. The van der Waals surface area contributed by atoms with Gasteiger partial charge in [0.15, 0.2) is 0 Å². The number of benzene rings is 2. The molecule has 42 heavy (non-hydrogen) atoms. The normalized spacial score (nSPS) is 19.5. The highest BCUT2D eigenvalue weighted by molar-refractivity contribution is 5.87. The molecule has 1 unspecified atom stereocenters. The fourth-order valence-electron chi connectivity index (χ4n) is 5.49. The van der Waals surface area contributed by atoms with E-state index in [0.29, 0.717) is 29.9 Å². The Hall–Kier alpha value is -4.99. The average molecular weight is 569 g/mol. The number of hydrogen-bond acceptors (Lipinski definition) is 6. The van der Waals surface area contributed by atoms with Crippen molar-refractivity contribution in [3.05, 3.63) is 113 Å². The van der Waals surface area contributed by atoms with Crippen molar-refractivity contribution in [2.45, 2.75) is 37.3 Å². The standard InChI is InChI=1S/C32H33FN6O3/c1-35-18-26(34)24-15-14-23(17-25(24)33)20-10-12-21(13-11-20)27-19-36-30(37-27)28-9-6-16-39(28)31(40)29(38-32(41)42-2)22-7-4-3-5-8-22/h3-5,7-8,10-13,15,17-19,23,28-29H,1,6,9,14,16,34H2,2H3,(H,36,37)(H,38,41)/b26-18-/t23?,28-,29+/m0/s1. The summed E-state index contributed by atoms with van der Waals surface area (Å²) in [6.45, 7) is 3.91. The zero-order valence-corrected chi connectivity index (χ0v) is 23.3. The van der Waals surface area contributed by atoms with E-state index in [1.807, 2.05) is 42.5 Å². The SMILES string of the molecule is C=N/C=C(\N)C1=CCC(c2ccc(-c3cnc([C@@H]4CCCN4C(=O)[C@H](NC(=O)OC)c4ccccc4)[nH]3)cc2)C=C1F. The molecule has 1 aromatic heterocycles. The minimum Gasteiger partial charge on any atom is -0.453 e. The number of carbonyl (C=O) groups excluding carboxylic acids is 2. The van der Waals surface area contributed by atoms with Gasteiger partial charge >= 0.3 is 6.09 Å². The number of nitrogens with zero attached hydrogens (tertiary/aromatic N) is 3. The lowest BCUT2D eigenvalue weighted by atomic mass is 9.88. The molecule has 2 heterocycles. The molecule has 9 nitrogen and oxygen atoms in total. The number of aromatic amines is 1. The van der Waals surface area contributed by atoms with Gasteiger partial charge in [-0.05, 0) is 48.7 Å². The van der Waals surface area contributed by atoms with E-state index in [4.69, 9.17) is 10.5 Å². The van der Waals surface area contributed by atoms with E-state index in [9.17, 15) is 14.0 Å². The van der Waals surface area contributed by atoms with Gasteiger partial charge in [-0.1, -0.05) is 60.7 Å². The smallest absolute Gasteiger partial charge is 0.407 e. The summed E-state index contributed by atoms with van der Waals surface area (Å²) in [6.07, 6.45) is 7.95. The van der Waals surface area contributed by atoms with Crippen molar-refractivity contribution in [2.24, 2.45) is 10.7 Å². The second-order valence-corrected chi connectivity index (χ2v) is 10.2. The molecule has 1 saturated heterocycles. The summed E-state index contributed by atoms with van der Waals surface area (Å²) in [5.74, 6) is -0.0319. The van der Waals surface area contributed by atoms with Crippen LogP contribution in [0.2, 0.25) is 0 Å². The van der Waals surface area contributed by atoms with Crippen molar-refractivity contribution < 1.29 is 18.7 Å². The van der Waals surface area contributed by atoms with E-state index >= 15 is 0 Å². The molecule has 0 radical (unpaired) electrons. The predicted octanol–water partition coefficient (Wildman–Crippen LogP) is 5.61. The molecule has 10 heteroatoms. The van der Waals surface area contributed by atoms with Gasteiger partial charge in [-0.25, -0.2) is 14.2 Å². The third-order valence-corrected chi connectivity index (χ3v) is 7.65. The molecule has 0 saturated carbocycles. The Labute approximate surface area is 243 Å². The van der Waals surface area contributed by atoms with Gasteiger partial charge in [-0.2, -0.15) is 0 Å². The van der Waals surface area contributed by atoms with E-state index in [2.05, 4.69) is 27.0 Å². The lowest BCUT2D eigenvalue weighted by Gasteiger charge is -2.28. The van der Waals surface area contributed by atoms with Crippen molar-refractivity contribution in [1.29, 1.82) is 0 Å². The number of alkyl carbamates (subject to hydrolysis) is 1. The number of nitrogens with two attached hydrogens (primary N) is 1. The van der Waals surface area contributed by atoms with E-state index in [1.54, 1.807) is 35.4 Å². The van der Waals surface area contributed by atoms with Crippen LogP contribution in [0, 0.1) is 0 Å². The molecule has 2 aromatic carbocycles. The Morgan fingerprint density at radius 2 is 2.00 bits per heavy atom. The molecule has 3 aromatic rings. The largest absolute Gasteiger partial charge is 0.453 e. The van der Waals surface area contributed by atoms with Crippen molar-refractivity contribution in [2.75, 3.05) is 13.7 Å². The van der Waals surface area contributed by atoms with Crippen molar-refractivity contribution in [3.8, 4) is 11.3 Å². The summed E-state index contributed by atoms with van der Waals surface area (Å²) < 4.78 is 19.5. The zero-order chi connectivity index (χ0) is 29.6. The number of aromatic nitrogens is 2. The summed E-state index contributed by atoms with van der Waals surface area (Å²) >= 11 is 0.